The predicted octanol–water partition coefficient (Wildman–Crippen LogP) is 3.96. The predicted molar refractivity (Wildman–Crippen MR) is 102 cm³/mol. The van der Waals surface area contributed by atoms with Gasteiger partial charge in [-0.2, -0.15) is 0 Å². The number of carbonyl (C=O) groups is 1. The lowest BCUT2D eigenvalue weighted by molar-refractivity contribution is -0.113. The molecule has 1 saturated heterocycles. The van der Waals surface area contributed by atoms with Gasteiger partial charge in [0, 0.05) is 16.0 Å². The molecular formula is C18H23N3OS2. The molecule has 6 heteroatoms. The SMILES string of the molecule is Cc1ccc(SCC(=O)Nc2ncc(C3CCNCC3)s2)c(C)c1. The van der Waals surface area contributed by atoms with Crippen molar-refractivity contribution in [2.75, 3.05) is 24.2 Å². The van der Waals surface area contributed by atoms with Crippen LogP contribution in [0.2, 0.25) is 0 Å². The molecule has 128 valence electrons. The summed E-state index contributed by atoms with van der Waals surface area (Å²) in [5, 5.41) is 7.03. The lowest BCUT2D eigenvalue weighted by Crippen LogP contribution is -2.26. The van der Waals surface area contributed by atoms with Crippen LogP contribution in [0.1, 0.15) is 34.8 Å². The van der Waals surface area contributed by atoms with Crippen molar-refractivity contribution in [3.63, 3.8) is 0 Å². The van der Waals surface area contributed by atoms with Crippen molar-refractivity contribution in [3.8, 4) is 0 Å². The number of hydrogen-bond donors (Lipinski definition) is 2. The first-order valence-electron chi connectivity index (χ1n) is 8.28. The Bertz CT molecular complexity index is 708. The van der Waals surface area contributed by atoms with Gasteiger partial charge in [-0.25, -0.2) is 4.98 Å². The van der Waals surface area contributed by atoms with E-state index < -0.39 is 0 Å². The minimum Gasteiger partial charge on any atom is -0.317 e. The van der Waals surface area contributed by atoms with Crippen LogP contribution in [-0.4, -0.2) is 29.7 Å². The molecule has 2 N–H and O–H groups in total. The van der Waals surface area contributed by atoms with E-state index in [9.17, 15) is 4.79 Å². The van der Waals surface area contributed by atoms with Crippen LogP contribution in [-0.2, 0) is 4.79 Å². The van der Waals surface area contributed by atoms with Crippen LogP contribution in [0.3, 0.4) is 0 Å². The molecule has 1 amide bonds. The zero-order valence-electron chi connectivity index (χ0n) is 14.1. The van der Waals surface area contributed by atoms with Crippen LogP contribution in [0.25, 0.3) is 0 Å². The molecule has 1 fully saturated rings. The van der Waals surface area contributed by atoms with Crippen molar-refractivity contribution in [2.24, 2.45) is 0 Å². The number of amides is 1. The number of aryl methyl sites for hydroxylation is 2. The third-order valence-electron chi connectivity index (χ3n) is 4.20. The lowest BCUT2D eigenvalue weighted by atomic mass is 9.97. The highest BCUT2D eigenvalue weighted by atomic mass is 32.2. The van der Waals surface area contributed by atoms with Crippen molar-refractivity contribution >= 4 is 34.1 Å². The largest absolute Gasteiger partial charge is 0.317 e. The minimum atomic E-state index is 0.00573. The Kier molecular flexibility index (Phi) is 5.92. The standard InChI is InChI=1S/C18H23N3OS2/c1-12-3-4-15(13(2)9-12)23-11-17(22)21-18-20-10-16(24-18)14-5-7-19-8-6-14/h3-4,9-10,14,19H,5-8,11H2,1-2H3,(H,20,21,22). The number of carbonyl (C=O) groups excluding carboxylic acids is 1. The highest BCUT2D eigenvalue weighted by molar-refractivity contribution is 8.00. The second-order valence-corrected chi connectivity index (χ2v) is 8.28. The van der Waals surface area contributed by atoms with Gasteiger partial charge in [0.1, 0.15) is 0 Å². The van der Waals surface area contributed by atoms with E-state index in [0.29, 0.717) is 11.7 Å². The number of thioether (sulfide) groups is 1. The second kappa shape index (κ2) is 8.14. The van der Waals surface area contributed by atoms with E-state index >= 15 is 0 Å². The monoisotopic (exact) mass is 361 g/mol. The number of nitrogens with zero attached hydrogens (tertiary/aromatic N) is 1. The van der Waals surface area contributed by atoms with E-state index in [1.807, 2.05) is 6.20 Å². The van der Waals surface area contributed by atoms with Crippen LogP contribution in [0.4, 0.5) is 5.13 Å². The van der Waals surface area contributed by atoms with E-state index in [-0.39, 0.29) is 5.91 Å². The van der Waals surface area contributed by atoms with Crippen molar-refractivity contribution < 1.29 is 4.79 Å². The first kappa shape index (κ1) is 17.5. The molecule has 0 atom stereocenters. The quantitative estimate of drug-likeness (QED) is 0.792. The van der Waals surface area contributed by atoms with E-state index in [4.69, 9.17) is 0 Å². The molecule has 1 aliphatic heterocycles. The smallest absolute Gasteiger partial charge is 0.236 e. The minimum absolute atomic E-state index is 0.00573. The number of rotatable bonds is 5. The van der Waals surface area contributed by atoms with Crippen molar-refractivity contribution in [1.82, 2.24) is 10.3 Å². The maximum Gasteiger partial charge on any atom is 0.236 e. The van der Waals surface area contributed by atoms with Crippen LogP contribution < -0.4 is 10.6 Å². The van der Waals surface area contributed by atoms with Gasteiger partial charge in [0.2, 0.25) is 5.91 Å². The normalized spacial score (nSPS) is 15.4. The molecule has 0 aliphatic carbocycles. The van der Waals surface area contributed by atoms with Crippen molar-refractivity contribution in [3.05, 3.63) is 40.4 Å². The molecule has 1 aliphatic rings. The van der Waals surface area contributed by atoms with Crippen LogP contribution in [0.5, 0.6) is 0 Å². The van der Waals surface area contributed by atoms with Crippen LogP contribution in [0, 0.1) is 13.8 Å². The van der Waals surface area contributed by atoms with Gasteiger partial charge < -0.3 is 10.6 Å². The molecule has 1 aromatic heterocycles. The van der Waals surface area contributed by atoms with E-state index in [1.54, 1.807) is 23.1 Å². The highest BCUT2D eigenvalue weighted by Crippen LogP contribution is 2.32. The van der Waals surface area contributed by atoms with Gasteiger partial charge in [0.15, 0.2) is 5.13 Å². The number of hydrogen-bond acceptors (Lipinski definition) is 5. The summed E-state index contributed by atoms with van der Waals surface area (Å²) in [6.45, 7) is 6.30. The zero-order valence-corrected chi connectivity index (χ0v) is 15.7. The zero-order chi connectivity index (χ0) is 16.9. The van der Waals surface area contributed by atoms with Crippen LogP contribution in [0.15, 0.2) is 29.3 Å². The highest BCUT2D eigenvalue weighted by Gasteiger charge is 2.18. The molecule has 0 spiro atoms. The number of thiazole rings is 1. The summed E-state index contributed by atoms with van der Waals surface area (Å²) < 4.78 is 0. The third kappa shape index (κ3) is 4.59. The molecule has 2 heterocycles. The van der Waals surface area contributed by atoms with Gasteiger partial charge in [-0.05, 0) is 57.3 Å². The maximum absolute atomic E-state index is 12.2. The van der Waals surface area contributed by atoms with Gasteiger partial charge in [0.25, 0.3) is 0 Å². The molecular weight excluding hydrogens is 338 g/mol. The Morgan fingerprint density at radius 3 is 2.92 bits per heavy atom. The molecule has 3 rings (SSSR count). The summed E-state index contributed by atoms with van der Waals surface area (Å²) in [5.74, 6) is 0.997. The summed E-state index contributed by atoms with van der Waals surface area (Å²) in [5.41, 5.74) is 2.46. The maximum atomic E-state index is 12.2. The van der Waals surface area contributed by atoms with Gasteiger partial charge >= 0.3 is 0 Å². The topological polar surface area (TPSA) is 54.0 Å². The average molecular weight is 362 g/mol. The lowest BCUT2D eigenvalue weighted by Gasteiger charge is -2.20. The molecule has 0 radical (unpaired) electrons. The molecule has 1 aromatic carbocycles. The molecule has 24 heavy (non-hydrogen) atoms. The molecule has 0 saturated carbocycles. The van der Waals surface area contributed by atoms with Gasteiger partial charge in [-0.1, -0.05) is 17.7 Å². The number of anilines is 1. The number of piperidine rings is 1. The summed E-state index contributed by atoms with van der Waals surface area (Å²) in [4.78, 5) is 19.0. The summed E-state index contributed by atoms with van der Waals surface area (Å²) >= 11 is 3.19. The summed E-state index contributed by atoms with van der Waals surface area (Å²) in [6.07, 6.45) is 4.23. The first-order chi connectivity index (χ1) is 11.6. The van der Waals surface area contributed by atoms with Gasteiger partial charge in [0.05, 0.1) is 5.75 Å². The van der Waals surface area contributed by atoms with Gasteiger partial charge in [-0.15, -0.1) is 23.1 Å². The number of benzene rings is 1. The Labute approximate surface area is 151 Å². The van der Waals surface area contributed by atoms with Crippen molar-refractivity contribution in [2.45, 2.75) is 37.5 Å². The molecule has 2 aromatic rings. The summed E-state index contributed by atoms with van der Waals surface area (Å²) in [7, 11) is 0. The molecule has 4 nitrogen and oxygen atoms in total. The Morgan fingerprint density at radius 2 is 2.17 bits per heavy atom. The fraction of sp³-hybridized carbons (Fsp3) is 0.444. The second-order valence-electron chi connectivity index (χ2n) is 6.20. The first-order valence-corrected chi connectivity index (χ1v) is 10.1. The fourth-order valence-corrected chi connectivity index (χ4v) is 4.71. The van der Waals surface area contributed by atoms with E-state index in [1.165, 1.54) is 16.0 Å². The molecule has 0 bridgehead atoms. The average Bonchev–Trinajstić information content (AvgIpc) is 3.03. The van der Waals surface area contributed by atoms with E-state index in [2.05, 4.69) is 47.7 Å². The van der Waals surface area contributed by atoms with Crippen molar-refractivity contribution in [1.29, 1.82) is 0 Å². The number of nitrogens with one attached hydrogen (secondary N) is 2. The Hall–Kier alpha value is -1.37. The summed E-state index contributed by atoms with van der Waals surface area (Å²) in [6, 6.07) is 6.31. The fourth-order valence-electron chi connectivity index (χ4n) is 2.90. The van der Waals surface area contributed by atoms with Crippen LogP contribution >= 0.6 is 23.1 Å². The molecule has 0 unspecified atom stereocenters. The third-order valence-corrected chi connectivity index (χ3v) is 6.45. The Balaban J connectivity index is 1.52. The number of aromatic nitrogens is 1. The Morgan fingerprint density at radius 1 is 1.38 bits per heavy atom. The van der Waals surface area contributed by atoms with Gasteiger partial charge in [-0.3, -0.25) is 4.79 Å². The van der Waals surface area contributed by atoms with E-state index in [0.717, 1.165) is 36.0 Å².